The maximum atomic E-state index is 5.73. The molecule has 16 heavy (non-hydrogen) atoms. The molecule has 80 valence electrons. The third-order valence-corrected chi connectivity index (χ3v) is 2.77. The lowest BCUT2D eigenvalue weighted by atomic mass is 10.2. The van der Waals surface area contributed by atoms with Crippen LogP contribution in [0.4, 0.5) is 5.69 Å². The molecule has 0 aliphatic heterocycles. The summed E-state index contributed by atoms with van der Waals surface area (Å²) in [7, 11) is 4.06. The standard InChI is InChI=1S/C13H12N2O/c1-15(2)9-3-4-12-10(7-9)11-8-14-6-5-13(11)16-12/h3-8H,1-2H3. The molecule has 3 nitrogen and oxygen atoms in total. The lowest BCUT2D eigenvalue weighted by Gasteiger charge is -2.11. The van der Waals surface area contributed by atoms with Crippen LogP contribution in [0.1, 0.15) is 0 Å². The van der Waals surface area contributed by atoms with Crippen molar-refractivity contribution < 1.29 is 4.42 Å². The number of hydrogen-bond donors (Lipinski definition) is 0. The zero-order chi connectivity index (χ0) is 11.1. The SMILES string of the molecule is CN(C)c1ccc2oc3ccncc3c2c1. The molecule has 0 saturated carbocycles. The van der Waals surface area contributed by atoms with Crippen LogP contribution in [0, 0.1) is 0 Å². The van der Waals surface area contributed by atoms with Gasteiger partial charge in [-0.25, -0.2) is 0 Å². The first-order chi connectivity index (χ1) is 7.75. The van der Waals surface area contributed by atoms with Gasteiger partial charge in [-0.3, -0.25) is 4.98 Å². The van der Waals surface area contributed by atoms with Crippen LogP contribution in [0.15, 0.2) is 41.1 Å². The molecule has 3 heteroatoms. The van der Waals surface area contributed by atoms with Gasteiger partial charge in [0.1, 0.15) is 11.2 Å². The Morgan fingerprint density at radius 1 is 1.06 bits per heavy atom. The summed E-state index contributed by atoms with van der Waals surface area (Å²) in [6.45, 7) is 0. The van der Waals surface area contributed by atoms with Crippen molar-refractivity contribution in [3.05, 3.63) is 36.7 Å². The first-order valence-corrected chi connectivity index (χ1v) is 5.19. The third-order valence-electron chi connectivity index (χ3n) is 2.77. The summed E-state index contributed by atoms with van der Waals surface area (Å²) in [5.74, 6) is 0. The van der Waals surface area contributed by atoms with Gasteiger partial charge in [0.15, 0.2) is 0 Å². The third kappa shape index (κ3) is 1.25. The van der Waals surface area contributed by atoms with E-state index in [0.29, 0.717) is 0 Å². The van der Waals surface area contributed by atoms with Gasteiger partial charge in [-0.2, -0.15) is 0 Å². The van der Waals surface area contributed by atoms with E-state index in [2.05, 4.69) is 22.0 Å². The monoisotopic (exact) mass is 212 g/mol. The smallest absolute Gasteiger partial charge is 0.138 e. The molecular weight excluding hydrogens is 200 g/mol. The number of hydrogen-bond acceptors (Lipinski definition) is 3. The highest BCUT2D eigenvalue weighted by atomic mass is 16.3. The number of pyridine rings is 1. The second-order valence-corrected chi connectivity index (χ2v) is 4.05. The summed E-state index contributed by atoms with van der Waals surface area (Å²) < 4.78 is 5.73. The summed E-state index contributed by atoms with van der Waals surface area (Å²) >= 11 is 0. The molecule has 1 aromatic carbocycles. The summed E-state index contributed by atoms with van der Waals surface area (Å²) in [4.78, 5) is 6.21. The second-order valence-electron chi connectivity index (χ2n) is 4.05. The van der Waals surface area contributed by atoms with E-state index < -0.39 is 0 Å². The molecule has 3 rings (SSSR count). The fourth-order valence-corrected chi connectivity index (χ4v) is 1.89. The van der Waals surface area contributed by atoms with Crippen LogP contribution in [-0.4, -0.2) is 19.1 Å². The fourth-order valence-electron chi connectivity index (χ4n) is 1.89. The van der Waals surface area contributed by atoms with Crippen molar-refractivity contribution in [1.82, 2.24) is 4.98 Å². The van der Waals surface area contributed by atoms with Gasteiger partial charge in [-0.05, 0) is 24.3 Å². The normalized spacial score (nSPS) is 11.1. The molecule has 2 aromatic heterocycles. The van der Waals surface area contributed by atoms with Gasteiger partial charge < -0.3 is 9.32 Å². The van der Waals surface area contributed by atoms with Crippen molar-refractivity contribution in [1.29, 1.82) is 0 Å². The van der Waals surface area contributed by atoms with Crippen molar-refractivity contribution in [3.8, 4) is 0 Å². The molecule has 0 radical (unpaired) electrons. The van der Waals surface area contributed by atoms with Crippen molar-refractivity contribution >= 4 is 27.6 Å². The van der Waals surface area contributed by atoms with E-state index in [1.165, 1.54) is 5.69 Å². The van der Waals surface area contributed by atoms with Crippen LogP contribution in [-0.2, 0) is 0 Å². The molecule has 0 amide bonds. The van der Waals surface area contributed by atoms with Gasteiger partial charge in [0.25, 0.3) is 0 Å². The minimum Gasteiger partial charge on any atom is -0.456 e. The van der Waals surface area contributed by atoms with Crippen LogP contribution in [0.25, 0.3) is 21.9 Å². The number of aromatic nitrogens is 1. The first-order valence-electron chi connectivity index (χ1n) is 5.19. The molecule has 0 spiro atoms. The predicted octanol–water partition coefficient (Wildman–Crippen LogP) is 3.05. The zero-order valence-electron chi connectivity index (χ0n) is 9.27. The topological polar surface area (TPSA) is 29.3 Å². The molecule has 0 aliphatic carbocycles. The Morgan fingerprint density at radius 3 is 2.69 bits per heavy atom. The van der Waals surface area contributed by atoms with E-state index in [-0.39, 0.29) is 0 Å². The second kappa shape index (κ2) is 3.23. The van der Waals surface area contributed by atoms with Crippen LogP contribution in [0.2, 0.25) is 0 Å². The number of nitrogens with zero attached hydrogens (tertiary/aromatic N) is 2. The molecule has 0 N–H and O–H groups in total. The van der Waals surface area contributed by atoms with Crippen molar-refractivity contribution in [2.45, 2.75) is 0 Å². The Hall–Kier alpha value is -2.03. The quantitative estimate of drug-likeness (QED) is 0.620. The molecule has 0 bridgehead atoms. The fraction of sp³-hybridized carbons (Fsp3) is 0.154. The van der Waals surface area contributed by atoms with Crippen molar-refractivity contribution in [2.24, 2.45) is 0 Å². The molecular formula is C13H12N2O. The number of benzene rings is 1. The minimum absolute atomic E-state index is 0.890. The summed E-state index contributed by atoms with van der Waals surface area (Å²) in [6, 6.07) is 8.08. The molecule has 0 fully saturated rings. The van der Waals surface area contributed by atoms with Gasteiger partial charge in [0.05, 0.1) is 0 Å². The van der Waals surface area contributed by atoms with Gasteiger partial charge in [-0.1, -0.05) is 0 Å². The van der Waals surface area contributed by atoms with Crippen LogP contribution in [0.3, 0.4) is 0 Å². The summed E-state index contributed by atoms with van der Waals surface area (Å²) in [5, 5.41) is 2.19. The Morgan fingerprint density at radius 2 is 1.88 bits per heavy atom. The summed E-state index contributed by atoms with van der Waals surface area (Å²) in [5.41, 5.74) is 2.97. The number of fused-ring (bicyclic) bond motifs is 3. The number of anilines is 1. The highest BCUT2D eigenvalue weighted by Crippen LogP contribution is 2.30. The zero-order valence-corrected chi connectivity index (χ0v) is 9.27. The molecule has 3 aromatic rings. The van der Waals surface area contributed by atoms with Gasteiger partial charge in [0, 0.05) is 42.9 Å². The molecule has 0 unspecified atom stereocenters. The van der Waals surface area contributed by atoms with Gasteiger partial charge in [-0.15, -0.1) is 0 Å². The lowest BCUT2D eigenvalue weighted by molar-refractivity contribution is 0.668. The van der Waals surface area contributed by atoms with E-state index in [4.69, 9.17) is 4.42 Å². The average molecular weight is 212 g/mol. The van der Waals surface area contributed by atoms with E-state index >= 15 is 0 Å². The first kappa shape index (κ1) is 9.21. The number of furan rings is 1. The highest BCUT2D eigenvalue weighted by molar-refractivity contribution is 6.05. The lowest BCUT2D eigenvalue weighted by Crippen LogP contribution is -2.07. The van der Waals surface area contributed by atoms with Gasteiger partial charge >= 0.3 is 0 Å². The van der Waals surface area contributed by atoms with Crippen LogP contribution in [0.5, 0.6) is 0 Å². The maximum Gasteiger partial charge on any atom is 0.138 e. The van der Waals surface area contributed by atoms with E-state index in [1.54, 1.807) is 6.20 Å². The summed E-state index contributed by atoms with van der Waals surface area (Å²) in [6.07, 6.45) is 3.60. The highest BCUT2D eigenvalue weighted by Gasteiger charge is 2.07. The van der Waals surface area contributed by atoms with Crippen molar-refractivity contribution in [2.75, 3.05) is 19.0 Å². The average Bonchev–Trinajstić information content (AvgIpc) is 2.66. The minimum atomic E-state index is 0.890. The van der Waals surface area contributed by atoms with Gasteiger partial charge in [0.2, 0.25) is 0 Å². The van der Waals surface area contributed by atoms with Crippen LogP contribution >= 0.6 is 0 Å². The maximum absolute atomic E-state index is 5.73. The molecule has 0 aliphatic rings. The van der Waals surface area contributed by atoms with Crippen molar-refractivity contribution in [3.63, 3.8) is 0 Å². The molecule has 0 saturated heterocycles. The van der Waals surface area contributed by atoms with E-state index in [1.807, 2.05) is 32.4 Å². The largest absolute Gasteiger partial charge is 0.456 e. The predicted molar refractivity (Wildman–Crippen MR) is 65.8 cm³/mol. The Kier molecular flexibility index (Phi) is 1.86. The Balaban J connectivity index is 2.40. The Labute approximate surface area is 93.3 Å². The molecule has 0 atom stereocenters. The van der Waals surface area contributed by atoms with E-state index in [0.717, 1.165) is 21.9 Å². The van der Waals surface area contributed by atoms with Crippen LogP contribution < -0.4 is 4.90 Å². The number of rotatable bonds is 1. The molecule has 2 heterocycles. The Bertz CT molecular complexity index is 655. The van der Waals surface area contributed by atoms with E-state index in [9.17, 15) is 0 Å².